The van der Waals surface area contributed by atoms with Crippen LogP contribution in [0, 0.1) is 23.7 Å². The first-order valence-electron chi connectivity index (χ1n) is 9.45. The highest BCUT2D eigenvalue weighted by Crippen LogP contribution is 2.34. The fourth-order valence-corrected chi connectivity index (χ4v) is 4.55. The Labute approximate surface area is 149 Å². The fraction of sp³-hybridized carbons (Fsp3) is 0.364. The molecule has 6 atom stereocenters. The predicted molar refractivity (Wildman–Crippen MR) is 102 cm³/mol. The Balaban J connectivity index is 1.28. The molecule has 0 aromatic rings. The Bertz CT molecular complexity index is 749. The van der Waals surface area contributed by atoms with E-state index in [-0.39, 0.29) is 12.3 Å². The monoisotopic (exact) mass is 331 g/mol. The number of nitrogens with one attached hydrogen (secondary N) is 3. The van der Waals surface area contributed by atoms with Crippen LogP contribution in [-0.2, 0) is 0 Å². The van der Waals surface area contributed by atoms with Crippen LogP contribution in [-0.4, -0.2) is 12.3 Å². The Morgan fingerprint density at radius 1 is 0.720 bits per heavy atom. The number of fused-ring (bicyclic) bond motifs is 2. The molecule has 0 bridgehead atoms. The Hall–Kier alpha value is -1.94. The third-order valence-electron chi connectivity index (χ3n) is 6.00. The van der Waals surface area contributed by atoms with Gasteiger partial charge >= 0.3 is 0 Å². The maximum atomic E-state index is 3.75. The molecule has 5 rings (SSSR count). The van der Waals surface area contributed by atoms with Crippen molar-refractivity contribution in [2.75, 3.05) is 0 Å². The first-order chi connectivity index (χ1) is 12.4. The molecule has 4 aliphatic carbocycles. The Morgan fingerprint density at radius 3 is 2.56 bits per heavy atom. The van der Waals surface area contributed by atoms with Gasteiger partial charge in [-0.3, -0.25) is 5.32 Å². The quantitative estimate of drug-likeness (QED) is 0.727. The Kier molecular flexibility index (Phi) is 3.93. The van der Waals surface area contributed by atoms with Gasteiger partial charge in [-0.05, 0) is 24.0 Å². The lowest BCUT2D eigenvalue weighted by atomic mass is 9.79. The summed E-state index contributed by atoms with van der Waals surface area (Å²) in [5.74, 6) is 2.16. The number of hydrazine groups is 1. The van der Waals surface area contributed by atoms with Gasteiger partial charge in [0.05, 0.1) is 12.3 Å². The van der Waals surface area contributed by atoms with Crippen LogP contribution in [0.2, 0.25) is 0 Å². The van der Waals surface area contributed by atoms with Gasteiger partial charge in [-0.1, -0.05) is 72.9 Å². The SMILES string of the molecule is C1=CC2=CC(C3NNC(C4=CC5C=CC=CC5C=C4)N3)CCC2C=C1. The van der Waals surface area contributed by atoms with Crippen LogP contribution in [0.15, 0.2) is 84.1 Å². The molecule has 0 saturated carbocycles. The minimum Gasteiger partial charge on any atom is -0.280 e. The summed E-state index contributed by atoms with van der Waals surface area (Å²) >= 11 is 0. The molecule has 6 unspecified atom stereocenters. The maximum Gasteiger partial charge on any atom is 0.0973 e. The van der Waals surface area contributed by atoms with Gasteiger partial charge in [0.2, 0.25) is 0 Å². The van der Waals surface area contributed by atoms with Gasteiger partial charge in [-0.25, -0.2) is 10.9 Å². The van der Waals surface area contributed by atoms with Gasteiger partial charge in [0.1, 0.15) is 0 Å². The molecule has 3 N–H and O–H groups in total. The van der Waals surface area contributed by atoms with E-state index < -0.39 is 0 Å². The lowest BCUT2D eigenvalue weighted by molar-refractivity contribution is 0.355. The van der Waals surface area contributed by atoms with E-state index in [4.69, 9.17) is 0 Å². The lowest BCUT2D eigenvalue weighted by Gasteiger charge is -2.30. The summed E-state index contributed by atoms with van der Waals surface area (Å²) in [6, 6.07) is 0. The summed E-state index contributed by atoms with van der Waals surface area (Å²) < 4.78 is 0. The van der Waals surface area contributed by atoms with E-state index in [2.05, 4.69) is 89.1 Å². The summed E-state index contributed by atoms with van der Waals surface area (Å²) in [5, 5.41) is 3.75. The molecule has 128 valence electrons. The second-order valence-corrected chi connectivity index (χ2v) is 7.57. The summed E-state index contributed by atoms with van der Waals surface area (Å²) in [5.41, 5.74) is 9.75. The minimum absolute atomic E-state index is 0.180. The number of allylic oxidation sites excluding steroid dienone is 11. The summed E-state index contributed by atoms with van der Waals surface area (Å²) in [6.07, 6.45) is 30.2. The average Bonchev–Trinajstić information content (AvgIpc) is 3.17. The van der Waals surface area contributed by atoms with Crippen LogP contribution >= 0.6 is 0 Å². The fourth-order valence-electron chi connectivity index (χ4n) is 4.55. The van der Waals surface area contributed by atoms with Crippen molar-refractivity contribution >= 4 is 0 Å². The average molecular weight is 331 g/mol. The highest BCUT2D eigenvalue weighted by Gasteiger charge is 2.33. The van der Waals surface area contributed by atoms with Gasteiger partial charge in [0.25, 0.3) is 0 Å². The van der Waals surface area contributed by atoms with Crippen molar-refractivity contribution in [3.8, 4) is 0 Å². The molecule has 1 aliphatic heterocycles. The third kappa shape index (κ3) is 2.93. The van der Waals surface area contributed by atoms with Gasteiger partial charge in [-0.15, -0.1) is 0 Å². The molecule has 0 radical (unpaired) electrons. The number of hydrogen-bond donors (Lipinski definition) is 3. The summed E-state index contributed by atoms with van der Waals surface area (Å²) in [7, 11) is 0. The van der Waals surface area contributed by atoms with E-state index in [0.29, 0.717) is 23.7 Å². The van der Waals surface area contributed by atoms with E-state index in [9.17, 15) is 0 Å². The molecule has 0 spiro atoms. The molecular weight excluding hydrogens is 306 g/mol. The van der Waals surface area contributed by atoms with E-state index in [1.807, 2.05) is 0 Å². The zero-order valence-corrected chi connectivity index (χ0v) is 14.3. The van der Waals surface area contributed by atoms with E-state index >= 15 is 0 Å². The van der Waals surface area contributed by atoms with E-state index in [0.717, 1.165) is 0 Å². The van der Waals surface area contributed by atoms with Crippen molar-refractivity contribution in [1.82, 2.24) is 16.2 Å². The van der Waals surface area contributed by atoms with Crippen molar-refractivity contribution in [2.45, 2.75) is 25.2 Å². The van der Waals surface area contributed by atoms with Crippen LogP contribution in [0.5, 0.6) is 0 Å². The second-order valence-electron chi connectivity index (χ2n) is 7.57. The standard InChI is InChI=1S/C22H25N3/c1-3-7-17-13-19(11-9-15(17)5-1)21-23-22(25-24-21)20-12-10-16-6-2-4-8-18(16)14-20/h1-9,11,13-17,20-25H,10,12H2. The van der Waals surface area contributed by atoms with Gasteiger partial charge in [-0.2, -0.15) is 0 Å². The zero-order valence-electron chi connectivity index (χ0n) is 14.3. The molecule has 0 aromatic carbocycles. The molecule has 1 heterocycles. The van der Waals surface area contributed by atoms with Crippen molar-refractivity contribution < 1.29 is 0 Å². The molecule has 3 nitrogen and oxygen atoms in total. The van der Waals surface area contributed by atoms with Crippen molar-refractivity contribution in [2.24, 2.45) is 23.7 Å². The molecular formula is C22H25N3. The van der Waals surface area contributed by atoms with Crippen molar-refractivity contribution in [3.63, 3.8) is 0 Å². The maximum absolute atomic E-state index is 3.75. The number of rotatable bonds is 2. The van der Waals surface area contributed by atoms with E-state index in [1.54, 1.807) is 0 Å². The molecule has 1 fully saturated rings. The van der Waals surface area contributed by atoms with Gasteiger partial charge < -0.3 is 0 Å². The van der Waals surface area contributed by atoms with Gasteiger partial charge in [0, 0.05) is 23.7 Å². The normalized spacial score (nSPS) is 41.3. The third-order valence-corrected chi connectivity index (χ3v) is 6.00. The Morgan fingerprint density at radius 2 is 1.60 bits per heavy atom. The van der Waals surface area contributed by atoms with Gasteiger partial charge in [0.15, 0.2) is 0 Å². The highest BCUT2D eigenvalue weighted by molar-refractivity contribution is 5.37. The topological polar surface area (TPSA) is 36.1 Å². The van der Waals surface area contributed by atoms with Crippen molar-refractivity contribution in [3.05, 3.63) is 84.1 Å². The predicted octanol–water partition coefficient (Wildman–Crippen LogP) is 3.27. The second kappa shape index (κ2) is 6.41. The lowest BCUT2D eigenvalue weighted by Crippen LogP contribution is -2.41. The molecule has 25 heavy (non-hydrogen) atoms. The largest absolute Gasteiger partial charge is 0.280 e. The first kappa shape index (κ1) is 15.3. The summed E-state index contributed by atoms with van der Waals surface area (Å²) in [4.78, 5) is 0. The molecule has 0 amide bonds. The van der Waals surface area contributed by atoms with Crippen molar-refractivity contribution in [1.29, 1.82) is 0 Å². The van der Waals surface area contributed by atoms with Crippen LogP contribution in [0.4, 0.5) is 0 Å². The highest BCUT2D eigenvalue weighted by atomic mass is 15.5. The molecule has 5 aliphatic rings. The molecule has 0 aromatic heterocycles. The molecule has 3 heteroatoms. The zero-order chi connectivity index (χ0) is 16.6. The molecule has 1 saturated heterocycles. The minimum atomic E-state index is 0.180. The van der Waals surface area contributed by atoms with E-state index in [1.165, 1.54) is 24.0 Å². The van der Waals surface area contributed by atoms with Crippen LogP contribution in [0.3, 0.4) is 0 Å². The van der Waals surface area contributed by atoms with Crippen LogP contribution in [0.1, 0.15) is 12.8 Å². The van der Waals surface area contributed by atoms with Crippen LogP contribution < -0.4 is 16.2 Å². The summed E-state index contributed by atoms with van der Waals surface area (Å²) in [6.45, 7) is 0. The smallest absolute Gasteiger partial charge is 0.0973 e. The van der Waals surface area contributed by atoms with Crippen LogP contribution in [0.25, 0.3) is 0 Å². The number of hydrogen-bond acceptors (Lipinski definition) is 3. The first-order valence-corrected chi connectivity index (χ1v) is 9.45.